The summed E-state index contributed by atoms with van der Waals surface area (Å²) in [7, 11) is 3.37. The first-order valence-electron chi connectivity index (χ1n) is 4.57. The van der Waals surface area contributed by atoms with E-state index in [4.69, 9.17) is 21.1 Å². The molecule has 0 saturated carbocycles. The first-order chi connectivity index (χ1) is 6.20. The van der Waals surface area contributed by atoms with E-state index in [-0.39, 0.29) is 11.5 Å². The summed E-state index contributed by atoms with van der Waals surface area (Å²) in [6.07, 6.45) is 1.18. The molecule has 0 aliphatic carbocycles. The molecule has 0 aromatic heterocycles. The van der Waals surface area contributed by atoms with Crippen molar-refractivity contribution in [3.05, 3.63) is 0 Å². The molecule has 2 unspecified atom stereocenters. The van der Waals surface area contributed by atoms with Gasteiger partial charge in [-0.3, -0.25) is 0 Å². The predicted molar refractivity (Wildman–Crippen MR) is 55.5 cm³/mol. The van der Waals surface area contributed by atoms with Crippen LogP contribution in [0.4, 0.5) is 0 Å². The van der Waals surface area contributed by atoms with Crippen molar-refractivity contribution in [1.29, 1.82) is 0 Å². The molecule has 0 radical (unpaired) electrons. The van der Waals surface area contributed by atoms with Crippen LogP contribution in [0.15, 0.2) is 0 Å². The van der Waals surface area contributed by atoms with Crippen LogP contribution in [0, 0.1) is 0 Å². The Morgan fingerprint density at radius 3 is 2.62 bits per heavy atom. The molecule has 3 nitrogen and oxygen atoms in total. The van der Waals surface area contributed by atoms with E-state index < -0.39 is 0 Å². The topological polar surface area (TPSA) is 30.5 Å². The molecule has 0 heterocycles. The van der Waals surface area contributed by atoms with Gasteiger partial charge < -0.3 is 14.8 Å². The van der Waals surface area contributed by atoms with Crippen molar-refractivity contribution in [3.8, 4) is 0 Å². The van der Waals surface area contributed by atoms with E-state index in [0.717, 1.165) is 19.5 Å². The minimum absolute atomic E-state index is 0.107. The molecule has 0 fully saturated rings. The molecule has 0 spiro atoms. The summed E-state index contributed by atoms with van der Waals surface area (Å²) in [5.41, 5.74) is 0. The summed E-state index contributed by atoms with van der Waals surface area (Å²) in [6.45, 7) is 4.42. The van der Waals surface area contributed by atoms with Gasteiger partial charge in [-0.05, 0) is 19.9 Å². The molecule has 0 saturated heterocycles. The SMILES string of the molecule is COCC(Cl)CCNCC(C)OC. The third-order valence-corrected chi connectivity index (χ3v) is 2.16. The number of nitrogens with one attached hydrogen (secondary N) is 1. The van der Waals surface area contributed by atoms with Crippen molar-refractivity contribution in [2.24, 2.45) is 0 Å². The molecule has 4 heteroatoms. The molecule has 2 atom stereocenters. The summed E-state index contributed by atoms with van der Waals surface area (Å²) < 4.78 is 10.0. The van der Waals surface area contributed by atoms with Gasteiger partial charge in [0.05, 0.1) is 18.1 Å². The summed E-state index contributed by atoms with van der Waals surface area (Å²) in [5, 5.41) is 3.37. The minimum Gasteiger partial charge on any atom is -0.383 e. The maximum absolute atomic E-state index is 5.93. The maximum Gasteiger partial charge on any atom is 0.0667 e. The van der Waals surface area contributed by atoms with E-state index in [1.807, 2.05) is 6.92 Å². The Morgan fingerprint density at radius 2 is 2.08 bits per heavy atom. The molecule has 0 amide bonds. The van der Waals surface area contributed by atoms with Gasteiger partial charge in [0.15, 0.2) is 0 Å². The lowest BCUT2D eigenvalue weighted by atomic mass is 10.3. The van der Waals surface area contributed by atoms with Gasteiger partial charge in [0.2, 0.25) is 0 Å². The summed E-state index contributed by atoms with van der Waals surface area (Å²) in [6, 6.07) is 0. The predicted octanol–water partition coefficient (Wildman–Crippen LogP) is 1.25. The number of halogens is 1. The molecule has 1 N–H and O–H groups in total. The van der Waals surface area contributed by atoms with Crippen molar-refractivity contribution in [3.63, 3.8) is 0 Å². The molecule has 0 aromatic rings. The van der Waals surface area contributed by atoms with Crippen LogP contribution >= 0.6 is 11.6 Å². The van der Waals surface area contributed by atoms with Crippen LogP contribution in [-0.4, -0.2) is 45.4 Å². The third-order valence-electron chi connectivity index (χ3n) is 1.82. The second-order valence-corrected chi connectivity index (χ2v) is 3.71. The van der Waals surface area contributed by atoms with E-state index in [9.17, 15) is 0 Å². The van der Waals surface area contributed by atoms with Crippen LogP contribution in [-0.2, 0) is 9.47 Å². The first-order valence-corrected chi connectivity index (χ1v) is 5.00. The second kappa shape index (κ2) is 8.75. The Labute approximate surface area is 85.7 Å². The lowest BCUT2D eigenvalue weighted by molar-refractivity contribution is 0.117. The molecule has 0 aliphatic rings. The Kier molecular flexibility index (Phi) is 8.87. The van der Waals surface area contributed by atoms with Gasteiger partial charge in [-0.2, -0.15) is 0 Å². The molecule has 0 aliphatic heterocycles. The fourth-order valence-corrected chi connectivity index (χ4v) is 1.15. The fraction of sp³-hybridized carbons (Fsp3) is 1.00. The van der Waals surface area contributed by atoms with Crippen LogP contribution in [0.3, 0.4) is 0 Å². The highest BCUT2D eigenvalue weighted by atomic mass is 35.5. The minimum atomic E-state index is 0.107. The standard InChI is InChI=1S/C9H20ClNO2/c1-8(13-3)6-11-5-4-9(10)7-12-2/h8-9,11H,4-7H2,1-3H3. The lowest BCUT2D eigenvalue weighted by Crippen LogP contribution is -2.28. The highest BCUT2D eigenvalue weighted by molar-refractivity contribution is 6.20. The summed E-state index contributed by atoms with van der Waals surface area (Å²) in [5.74, 6) is 0. The van der Waals surface area contributed by atoms with Crippen molar-refractivity contribution in [1.82, 2.24) is 5.32 Å². The number of alkyl halides is 1. The number of ether oxygens (including phenoxy) is 2. The van der Waals surface area contributed by atoms with Gasteiger partial charge in [0, 0.05) is 20.8 Å². The van der Waals surface area contributed by atoms with E-state index in [2.05, 4.69) is 5.32 Å². The largest absolute Gasteiger partial charge is 0.383 e. The molecule has 0 aromatic carbocycles. The zero-order chi connectivity index (χ0) is 10.1. The van der Waals surface area contributed by atoms with E-state index in [1.54, 1.807) is 14.2 Å². The fourth-order valence-electron chi connectivity index (χ4n) is 0.912. The normalized spacial score (nSPS) is 15.7. The van der Waals surface area contributed by atoms with Gasteiger partial charge >= 0.3 is 0 Å². The van der Waals surface area contributed by atoms with E-state index in [1.165, 1.54) is 0 Å². The van der Waals surface area contributed by atoms with Crippen molar-refractivity contribution in [2.75, 3.05) is 33.9 Å². The molecular weight excluding hydrogens is 190 g/mol. The van der Waals surface area contributed by atoms with E-state index in [0.29, 0.717) is 6.61 Å². The number of hydrogen-bond acceptors (Lipinski definition) is 3. The second-order valence-electron chi connectivity index (χ2n) is 3.09. The molecule has 0 rings (SSSR count). The average Bonchev–Trinajstić information content (AvgIpc) is 2.12. The summed E-state index contributed by atoms with van der Waals surface area (Å²) >= 11 is 5.93. The van der Waals surface area contributed by atoms with Gasteiger partial charge in [-0.25, -0.2) is 0 Å². The van der Waals surface area contributed by atoms with Gasteiger partial charge in [-0.1, -0.05) is 0 Å². The first kappa shape index (κ1) is 13.2. The van der Waals surface area contributed by atoms with Gasteiger partial charge in [0.1, 0.15) is 0 Å². The van der Waals surface area contributed by atoms with Crippen LogP contribution in [0.25, 0.3) is 0 Å². The van der Waals surface area contributed by atoms with Crippen LogP contribution < -0.4 is 5.32 Å². The number of methoxy groups -OCH3 is 2. The zero-order valence-electron chi connectivity index (χ0n) is 8.68. The smallest absolute Gasteiger partial charge is 0.0667 e. The Bertz CT molecular complexity index is 114. The van der Waals surface area contributed by atoms with E-state index >= 15 is 0 Å². The molecular formula is C9H20ClNO2. The monoisotopic (exact) mass is 209 g/mol. The van der Waals surface area contributed by atoms with Crippen LogP contribution in [0.1, 0.15) is 13.3 Å². The lowest BCUT2D eigenvalue weighted by Gasteiger charge is -2.12. The van der Waals surface area contributed by atoms with Gasteiger partial charge in [-0.15, -0.1) is 11.6 Å². The maximum atomic E-state index is 5.93. The van der Waals surface area contributed by atoms with Crippen LogP contribution in [0.2, 0.25) is 0 Å². The molecule has 13 heavy (non-hydrogen) atoms. The van der Waals surface area contributed by atoms with Gasteiger partial charge in [0.25, 0.3) is 0 Å². The summed E-state index contributed by atoms with van der Waals surface area (Å²) in [4.78, 5) is 0. The highest BCUT2D eigenvalue weighted by Crippen LogP contribution is 2.00. The van der Waals surface area contributed by atoms with Crippen LogP contribution in [0.5, 0.6) is 0 Å². The van der Waals surface area contributed by atoms with Crippen molar-refractivity contribution in [2.45, 2.75) is 24.8 Å². The molecule has 0 bridgehead atoms. The zero-order valence-corrected chi connectivity index (χ0v) is 9.43. The van der Waals surface area contributed by atoms with Crippen molar-refractivity contribution < 1.29 is 9.47 Å². The Morgan fingerprint density at radius 1 is 1.38 bits per heavy atom. The average molecular weight is 210 g/mol. The molecule has 80 valence electrons. The third kappa shape index (κ3) is 8.50. The quantitative estimate of drug-likeness (QED) is 0.482. The highest BCUT2D eigenvalue weighted by Gasteiger charge is 2.03. The van der Waals surface area contributed by atoms with Crippen molar-refractivity contribution >= 4 is 11.6 Å². The number of hydrogen-bond donors (Lipinski definition) is 1. The Balaban J connectivity index is 3.15. The Hall–Kier alpha value is 0.170. The number of rotatable bonds is 8.